The second-order valence-corrected chi connectivity index (χ2v) is 5.39. The number of thiophene rings is 1. The van der Waals surface area contributed by atoms with Crippen molar-refractivity contribution in [2.75, 3.05) is 19.8 Å². The SMILES string of the molecule is CCCOCCOC(c1sccc1C)C(N)CC. The van der Waals surface area contributed by atoms with E-state index in [1.54, 1.807) is 11.3 Å². The zero-order chi connectivity index (χ0) is 13.4. The Kier molecular flexibility index (Phi) is 7.51. The van der Waals surface area contributed by atoms with E-state index in [2.05, 4.69) is 32.2 Å². The standard InChI is InChI=1S/C14H25NO2S/c1-4-7-16-8-9-17-13(12(15)5-2)14-11(3)6-10-18-14/h6,10,12-13H,4-5,7-9,15H2,1-3H3. The van der Waals surface area contributed by atoms with Gasteiger partial charge >= 0.3 is 0 Å². The van der Waals surface area contributed by atoms with Crippen LogP contribution in [0.1, 0.15) is 43.2 Å². The summed E-state index contributed by atoms with van der Waals surface area (Å²) in [4.78, 5) is 1.25. The molecule has 1 heterocycles. The molecule has 1 aromatic rings. The predicted octanol–water partition coefficient (Wildman–Crippen LogP) is 3.28. The van der Waals surface area contributed by atoms with Gasteiger partial charge in [-0.25, -0.2) is 0 Å². The van der Waals surface area contributed by atoms with Crippen LogP contribution in [0.15, 0.2) is 11.4 Å². The highest BCUT2D eigenvalue weighted by Crippen LogP contribution is 2.29. The Morgan fingerprint density at radius 2 is 2.06 bits per heavy atom. The Morgan fingerprint density at radius 1 is 1.28 bits per heavy atom. The number of rotatable bonds is 9. The normalized spacial score (nSPS) is 14.7. The highest BCUT2D eigenvalue weighted by molar-refractivity contribution is 7.10. The highest BCUT2D eigenvalue weighted by atomic mass is 32.1. The number of nitrogens with two attached hydrogens (primary N) is 1. The van der Waals surface area contributed by atoms with E-state index in [-0.39, 0.29) is 12.1 Å². The Hall–Kier alpha value is -0.420. The smallest absolute Gasteiger partial charge is 0.107 e. The minimum Gasteiger partial charge on any atom is -0.379 e. The first-order valence-corrected chi connectivity index (χ1v) is 7.57. The van der Waals surface area contributed by atoms with Crippen molar-refractivity contribution in [2.45, 2.75) is 45.8 Å². The maximum Gasteiger partial charge on any atom is 0.107 e. The molecule has 0 saturated heterocycles. The van der Waals surface area contributed by atoms with Crippen molar-refractivity contribution < 1.29 is 9.47 Å². The Morgan fingerprint density at radius 3 is 2.61 bits per heavy atom. The number of hydrogen-bond donors (Lipinski definition) is 1. The first-order chi connectivity index (χ1) is 8.70. The van der Waals surface area contributed by atoms with Crippen molar-refractivity contribution in [2.24, 2.45) is 5.73 Å². The van der Waals surface area contributed by atoms with Gasteiger partial charge in [-0.1, -0.05) is 13.8 Å². The lowest BCUT2D eigenvalue weighted by Gasteiger charge is -2.23. The minimum atomic E-state index is 0.000210. The molecule has 0 spiro atoms. The van der Waals surface area contributed by atoms with Gasteiger partial charge in [0.05, 0.1) is 13.2 Å². The van der Waals surface area contributed by atoms with Crippen LogP contribution in [0.25, 0.3) is 0 Å². The molecular formula is C14H25NO2S. The van der Waals surface area contributed by atoms with Crippen LogP contribution in [0.2, 0.25) is 0 Å². The minimum absolute atomic E-state index is 0.000210. The third kappa shape index (κ3) is 4.69. The fourth-order valence-electron chi connectivity index (χ4n) is 1.76. The van der Waals surface area contributed by atoms with E-state index < -0.39 is 0 Å². The van der Waals surface area contributed by atoms with Gasteiger partial charge in [0.25, 0.3) is 0 Å². The van der Waals surface area contributed by atoms with Crippen molar-refractivity contribution in [1.29, 1.82) is 0 Å². The lowest BCUT2D eigenvalue weighted by molar-refractivity contribution is -0.00632. The quantitative estimate of drug-likeness (QED) is 0.701. The summed E-state index contributed by atoms with van der Waals surface area (Å²) < 4.78 is 11.4. The van der Waals surface area contributed by atoms with E-state index in [1.807, 2.05) is 0 Å². The molecule has 3 nitrogen and oxygen atoms in total. The molecule has 4 heteroatoms. The average Bonchev–Trinajstić information content (AvgIpc) is 2.79. The van der Waals surface area contributed by atoms with Crippen LogP contribution < -0.4 is 5.73 Å². The lowest BCUT2D eigenvalue weighted by atomic mass is 10.1. The summed E-state index contributed by atoms with van der Waals surface area (Å²) in [6.07, 6.45) is 1.96. The third-order valence-electron chi connectivity index (χ3n) is 2.89. The lowest BCUT2D eigenvalue weighted by Crippen LogP contribution is -2.30. The van der Waals surface area contributed by atoms with E-state index in [1.165, 1.54) is 10.4 Å². The van der Waals surface area contributed by atoms with Crippen LogP contribution >= 0.6 is 11.3 Å². The molecule has 0 aliphatic heterocycles. The fourth-order valence-corrected chi connectivity index (χ4v) is 2.81. The molecule has 0 bridgehead atoms. The van der Waals surface area contributed by atoms with Crippen LogP contribution in [-0.4, -0.2) is 25.9 Å². The first-order valence-electron chi connectivity index (χ1n) is 6.69. The van der Waals surface area contributed by atoms with Gasteiger partial charge in [-0.05, 0) is 36.8 Å². The average molecular weight is 271 g/mol. The van der Waals surface area contributed by atoms with Crippen LogP contribution in [0.4, 0.5) is 0 Å². The second-order valence-electron chi connectivity index (χ2n) is 4.44. The molecule has 1 rings (SSSR count). The molecule has 104 valence electrons. The molecule has 2 atom stereocenters. The molecule has 1 aromatic heterocycles. The van der Waals surface area contributed by atoms with Gasteiger partial charge in [-0.2, -0.15) is 0 Å². The maximum atomic E-state index is 6.16. The van der Waals surface area contributed by atoms with Crippen molar-refractivity contribution >= 4 is 11.3 Å². The summed E-state index contributed by atoms with van der Waals surface area (Å²) in [6, 6.07) is 2.17. The molecule has 0 aromatic carbocycles. The summed E-state index contributed by atoms with van der Waals surface area (Å²) in [7, 11) is 0. The van der Waals surface area contributed by atoms with Gasteiger partial charge < -0.3 is 15.2 Å². The summed E-state index contributed by atoms with van der Waals surface area (Å²) in [6.45, 7) is 8.36. The monoisotopic (exact) mass is 271 g/mol. The summed E-state index contributed by atoms with van der Waals surface area (Å²) >= 11 is 1.72. The molecule has 2 N–H and O–H groups in total. The van der Waals surface area contributed by atoms with Gasteiger partial charge in [0.2, 0.25) is 0 Å². The highest BCUT2D eigenvalue weighted by Gasteiger charge is 2.21. The molecule has 18 heavy (non-hydrogen) atoms. The summed E-state index contributed by atoms with van der Waals surface area (Å²) in [5.74, 6) is 0. The van der Waals surface area contributed by atoms with E-state index in [0.29, 0.717) is 13.2 Å². The Labute approximate surface area is 114 Å². The van der Waals surface area contributed by atoms with Gasteiger partial charge in [-0.3, -0.25) is 0 Å². The zero-order valence-electron chi connectivity index (χ0n) is 11.6. The summed E-state index contributed by atoms with van der Waals surface area (Å²) in [5.41, 5.74) is 7.43. The zero-order valence-corrected chi connectivity index (χ0v) is 12.5. The second kappa shape index (κ2) is 8.64. The van der Waals surface area contributed by atoms with Crippen LogP contribution in [0.5, 0.6) is 0 Å². The fraction of sp³-hybridized carbons (Fsp3) is 0.714. The van der Waals surface area contributed by atoms with E-state index in [4.69, 9.17) is 15.2 Å². The van der Waals surface area contributed by atoms with Crippen molar-refractivity contribution in [1.82, 2.24) is 0 Å². The molecular weight excluding hydrogens is 246 g/mol. The van der Waals surface area contributed by atoms with Crippen molar-refractivity contribution in [3.8, 4) is 0 Å². The molecule has 0 aliphatic rings. The van der Waals surface area contributed by atoms with Crippen molar-refractivity contribution in [3.63, 3.8) is 0 Å². The molecule has 0 aliphatic carbocycles. The van der Waals surface area contributed by atoms with E-state index >= 15 is 0 Å². The number of aryl methyl sites for hydroxylation is 1. The van der Waals surface area contributed by atoms with Gasteiger partial charge in [0, 0.05) is 17.5 Å². The van der Waals surface area contributed by atoms with E-state index in [9.17, 15) is 0 Å². The molecule has 0 saturated carbocycles. The number of ether oxygens (including phenoxy) is 2. The van der Waals surface area contributed by atoms with Crippen LogP contribution in [-0.2, 0) is 9.47 Å². The Bertz CT molecular complexity index is 327. The topological polar surface area (TPSA) is 44.5 Å². The predicted molar refractivity (Wildman–Crippen MR) is 77.1 cm³/mol. The third-order valence-corrected chi connectivity index (χ3v) is 3.97. The molecule has 0 radical (unpaired) electrons. The Balaban J connectivity index is 2.50. The van der Waals surface area contributed by atoms with Crippen LogP contribution in [0, 0.1) is 6.92 Å². The largest absolute Gasteiger partial charge is 0.379 e. The van der Waals surface area contributed by atoms with Gasteiger partial charge in [0.1, 0.15) is 6.10 Å². The summed E-state index contributed by atoms with van der Waals surface area (Å²) in [5, 5.41) is 2.09. The van der Waals surface area contributed by atoms with Crippen LogP contribution in [0.3, 0.4) is 0 Å². The van der Waals surface area contributed by atoms with Gasteiger partial charge in [-0.15, -0.1) is 11.3 Å². The first kappa shape index (κ1) is 15.6. The molecule has 2 unspecified atom stereocenters. The van der Waals surface area contributed by atoms with Crippen molar-refractivity contribution in [3.05, 3.63) is 21.9 Å². The maximum absolute atomic E-state index is 6.16. The molecule has 0 amide bonds. The van der Waals surface area contributed by atoms with Gasteiger partial charge in [0.15, 0.2) is 0 Å². The number of hydrogen-bond acceptors (Lipinski definition) is 4. The van der Waals surface area contributed by atoms with E-state index in [0.717, 1.165) is 19.4 Å². The molecule has 0 fully saturated rings.